The molecule has 0 atom stereocenters. The van der Waals surface area contributed by atoms with Crippen molar-refractivity contribution in [3.8, 4) is 0 Å². The van der Waals surface area contributed by atoms with Crippen molar-refractivity contribution in [1.82, 2.24) is 15.0 Å². The second kappa shape index (κ2) is 7.13. The molecule has 8 heteroatoms. The third-order valence-electron chi connectivity index (χ3n) is 4.07. The molecule has 3 heterocycles. The Kier molecular flexibility index (Phi) is 4.97. The molecule has 0 amide bonds. The normalized spacial score (nSPS) is 19.3. The quantitative estimate of drug-likeness (QED) is 0.498. The van der Waals surface area contributed by atoms with Crippen molar-refractivity contribution in [2.75, 3.05) is 36.0 Å². The predicted octanol–water partition coefficient (Wildman–Crippen LogP) is 1.84. The minimum atomic E-state index is 0.0142. The number of nitrogens with one attached hydrogen (secondary N) is 1. The van der Waals surface area contributed by atoms with Crippen LogP contribution in [0, 0.1) is 5.41 Å². The Morgan fingerprint density at radius 3 is 1.68 bits per heavy atom. The molecule has 2 aliphatic rings. The van der Waals surface area contributed by atoms with Crippen LogP contribution >= 0.6 is 11.8 Å². The SMILES string of the molecule is N=C(N)Sc1nc(N2CCCCC2)nc(N2CCCCC2)n1. The van der Waals surface area contributed by atoms with E-state index in [4.69, 9.17) is 16.1 Å². The molecule has 1 aromatic rings. The van der Waals surface area contributed by atoms with E-state index in [9.17, 15) is 0 Å². The third kappa shape index (κ3) is 3.79. The molecule has 3 rings (SSSR count). The highest BCUT2D eigenvalue weighted by atomic mass is 32.2. The number of anilines is 2. The average Bonchev–Trinajstić information content (AvgIpc) is 2.55. The number of nitrogens with zero attached hydrogens (tertiary/aromatic N) is 5. The summed E-state index contributed by atoms with van der Waals surface area (Å²) < 4.78 is 0. The fourth-order valence-electron chi connectivity index (χ4n) is 2.95. The first kappa shape index (κ1) is 15.3. The van der Waals surface area contributed by atoms with Gasteiger partial charge in [0.2, 0.25) is 17.1 Å². The summed E-state index contributed by atoms with van der Waals surface area (Å²) in [5, 5.41) is 8.02. The topological polar surface area (TPSA) is 95.0 Å². The van der Waals surface area contributed by atoms with Gasteiger partial charge in [-0.2, -0.15) is 15.0 Å². The standard InChI is InChI=1S/C14H23N7S/c15-11(16)22-14-18-12(20-7-3-1-4-8-20)17-13(19-14)21-9-5-2-6-10-21/h1-10H2,(H3,15,16). The second-order valence-electron chi connectivity index (χ2n) is 5.78. The summed E-state index contributed by atoms with van der Waals surface area (Å²) >= 11 is 1.10. The molecule has 2 saturated heterocycles. The predicted molar refractivity (Wildman–Crippen MR) is 89.7 cm³/mol. The molecule has 3 N–H and O–H groups in total. The van der Waals surface area contributed by atoms with Crippen molar-refractivity contribution >= 4 is 28.8 Å². The van der Waals surface area contributed by atoms with Crippen molar-refractivity contribution in [1.29, 1.82) is 5.41 Å². The molecule has 0 saturated carbocycles. The van der Waals surface area contributed by atoms with Crippen molar-refractivity contribution in [3.63, 3.8) is 0 Å². The molecular weight excluding hydrogens is 298 g/mol. The van der Waals surface area contributed by atoms with E-state index < -0.39 is 0 Å². The first-order valence-corrected chi connectivity index (χ1v) is 8.82. The van der Waals surface area contributed by atoms with Crippen molar-refractivity contribution in [2.45, 2.75) is 43.7 Å². The van der Waals surface area contributed by atoms with Crippen LogP contribution in [0.3, 0.4) is 0 Å². The highest BCUT2D eigenvalue weighted by molar-refractivity contribution is 8.13. The van der Waals surface area contributed by atoms with Crippen LogP contribution < -0.4 is 15.5 Å². The Morgan fingerprint density at radius 2 is 1.27 bits per heavy atom. The maximum absolute atomic E-state index is 7.47. The molecular formula is C14H23N7S. The van der Waals surface area contributed by atoms with Crippen molar-refractivity contribution in [2.24, 2.45) is 5.73 Å². The zero-order valence-electron chi connectivity index (χ0n) is 12.8. The lowest BCUT2D eigenvalue weighted by atomic mass is 10.1. The van der Waals surface area contributed by atoms with Crippen LogP contribution in [0.2, 0.25) is 0 Å². The summed E-state index contributed by atoms with van der Waals surface area (Å²) in [5.74, 6) is 1.47. The van der Waals surface area contributed by atoms with Gasteiger partial charge < -0.3 is 15.5 Å². The van der Waals surface area contributed by atoms with Crippen LogP contribution in [0.5, 0.6) is 0 Å². The lowest BCUT2D eigenvalue weighted by Gasteiger charge is -2.30. The zero-order chi connectivity index (χ0) is 15.4. The molecule has 0 aromatic carbocycles. The fraction of sp³-hybridized carbons (Fsp3) is 0.714. The van der Waals surface area contributed by atoms with Crippen LogP contribution in [0.1, 0.15) is 38.5 Å². The van der Waals surface area contributed by atoms with Crippen molar-refractivity contribution < 1.29 is 0 Å². The number of rotatable bonds is 3. The van der Waals surface area contributed by atoms with E-state index in [1.165, 1.54) is 38.5 Å². The van der Waals surface area contributed by atoms with E-state index in [2.05, 4.69) is 19.8 Å². The zero-order valence-corrected chi connectivity index (χ0v) is 13.6. The lowest BCUT2D eigenvalue weighted by Crippen LogP contribution is -2.34. The maximum atomic E-state index is 7.47. The Bertz CT molecular complexity index is 488. The van der Waals surface area contributed by atoms with Gasteiger partial charge in [-0.3, -0.25) is 5.41 Å². The Labute approximate surface area is 135 Å². The molecule has 0 bridgehead atoms. The number of aromatic nitrogens is 3. The fourth-order valence-corrected chi connectivity index (χ4v) is 3.40. The summed E-state index contributed by atoms with van der Waals surface area (Å²) in [6.45, 7) is 3.97. The van der Waals surface area contributed by atoms with E-state index in [-0.39, 0.29) is 5.17 Å². The smallest absolute Gasteiger partial charge is 0.231 e. The Hall–Kier alpha value is -1.57. The maximum Gasteiger partial charge on any atom is 0.231 e. The molecule has 2 fully saturated rings. The molecule has 1 aromatic heterocycles. The average molecular weight is 321 g/mol. The van der Waals surface area contributed by atoms with Gasteiger partial charge in [-0.25, -0.2) is 0 Å². The van der Waals surface area contributed by atoms with Gasteiger partial charge in [0.05, 0.1) is 0 Å². The highest BCUT2D eigenvalue weighted by Gasteiger charge is 2.20. The van der Waals surface area contributed by atoms with E-state index in [1.807, 2.05) is 0 Å². The molecule has 120 valence electrons. The van der Waals surface area contributed by atoms with Crippen LogP contribution in [0.4, 0.5) is 11.9 Å². The number of thioether (sulfide) groups is 1. The van der Waals surface area contributed by atoms with Gasteiger partial charge in [-0.15, -0.1) is 0 Å². The van der Waals surface area contributed by atoms with E-state index in [0.717, 1.165) is 49.8 Å². The molecule has 0 aliphatic carbocycles. The molecule has 0 unspecified atom stereocenters. The minimum Gasteiger partial charge on any atom is -0.378 e. The van der Waals surface area contributed by atoms with Crippen LogP contribution in [0.25, 0.3) is 0 Å². The van der Waals surface area contributed by atoms with E-state index >= 15 is 0 Å². The summed E-state index contributed by atoms with van der Waals surface area (Å²) in [6, 6.07) is 0. The van der Waals surface area contributed by atoms with Gasteiger partial charge in [0.25, 0.3) is 0 Å². The van der Waals surface area contributed by atoms with E-state index in [1.54, 1.807) is 0 Å². The monoisotopic (exact) mass is 321 g/mol. The number of nitrogens with two attached hydrogens (primary N) is 1. The second-order valence-corrected chi connectivity index (χ2v) is 6.79. The largest absolute Gasteiger partial charge is 0.378 e. The van der Waals surface area contributed by atoms with Crippen molar-refractivity contribution in [3.05, 3.63) is 0 Å². The van der Waals surface area contributed by atoms with Crippen LogP contribution in [-0.4, -0.2) is 46.3 Å². The summed E-state index contributed by atoms with van der Waals surface area (Å²) in [7, 11) is 0. The Balaban J connectivity index is 1.88. The molecule has 2 aliphatic heterocycles. The summed E-state index contributed by atoms with van der Waals surface area (Å²) in [4.78, 5) is 18.2. The minimum absolute atomic E-state index is 0.0142. The molecule has 7 nitrogen and oxygen atoms in total. The van der Waals surface area contributed by atoms with Gasteiger partial charge in [-0.1, -0.05) is 0 Å². The first-order valence-electron chi connectivity index (χ1n) is 8.00. The van der Waals surface area contributed by atoms with E-state index in [0.29, 0.717) is 5.16 Å². The first-order chi connectivity index (χ1) is 10.7. The van der Waals surface area contributed by atoms with Gasteiger partial charge >= 0.3 is 0 Å². The van der Waals surface area contributed by atoms with Gasteiger partial charge in [0.1, 0.15) is 0 Å². The summed E-state index contributed by atoms with van der Waals surface area (Å²) in [5.41, 5.74) is 5.50. The Morgan fingerprint density at radius 1 is 0.818 bits per heavy atom. The van der Waals surface area contributed by atoms with Crippen LogP contribution in [-0.2, 0) is 0 Å². The number of hydrogen-bond donors (Lipinski definition) is 2. The molecule has 22 heavy (non-hydrogen) atoms. The third-order valence-corrected chi connectivity index (χ3v) is 4.66. The number of hydrogen-bond acceptors (Lipinski definition) is 7. The highest BCUT2D eigenvalue weighted by Crippen LogP contribution is 2.24. The number of amidine groups is 1. The van der Waals surface area contributed by atoms with Gasteiger partial charge in [0, 0.05) is 26.2 Å². The van der Waals surface area contributed by atoms with Gasteiger partial charge in [0.15, 0.2) is 5.17 Å². The lowest BCUT2D eigenvalue weighted by molar-refractivity contribution is 0.551. The van der Waals surface area contributed by atoms with Gasteiger partial charge in [-0.05, 0) is 50.3 Å². The molecule has 0 spiro atoms. The van der Waals surface area contributed by atoms with Crippen LogP contribution in [0.15, 0.2) is 5.16 Å². The number of piperidine rings is 2. The molecule has 0 radical (unpaired) electrons. The summed E-state index contributed by atoms with van der Waals surface area (Å²) in [6.07, 6.45) is 7.27.